The molecule has 4 rings (SSSR count). The maximum Gasteiger partial charge on any atom is 0.242 e. The highest BCUT2D eigenvalue weighted by Crippen LogP contribution is 2.24. The Balaban J connectivity index is 1.41. The predicted octanol–water partition coefficient (Wildman–Crippen LogP) is 2.68. The summed E-state index contributed by atoms with van der Waals surface area (Å²) >= 11 is 0. The van der Waals surface area contributed by atoms with E-state index < -0.39 is 0 Å². The summed E-state index contributed by atoms with van der Waals surface area (Å²) in [5.41, 5.74) is 4.28. The molecule has 0 bridgehead atoms. The summed E-state index contributed by atoms with van der Waals surface area (Å²) in [6.45, 7) is 5.97. The normalized spacial score (nSPS) is 19.0. The summed E-state index contributed by atoms with van der Waals surface area (Å²) in [5.74, 6) is 0.656. The van der Waals surface area contributed by atoms with Gasteiger partial charge in [-0.15, -0.1) is 0 Å². The third-order valence-electron chi connectivity index (χ3n) is 6.43. The molecule has 2 N–H and O–H groups in total. The first-order chi connectivity index (χ1) is 16.9. The fourth-order valence-corrected chi connectivity index (χ4v) is 4.24. The SMILES string of the molecule is C[C@@H]1CN(C)[C@@H](C)CN1C(=O)CN/C=C(\C=N)c1cnc(-c2cccc(-c3cnn(C)c3)c2)nc1. The summed E-state index contributed by atoms with van der Waals surface area (Å²) in [6.07, 6.45) is 10.1. The van der Waals surface area contributed by atoms with E-state index in [-0.39, 0.29) is 18.5 Å². The van der Waals surface area contributed by atoms with Crippen LogP contribution in [0.5, 0.6) is 0 Å². The van der Waals surface area contributed by atoms with E-state index in [1.54, 1.807) is 23.3 Å². The summed E-state index contributed by atoms with van der Waals surface area (Å²) < 4.78 is 1.77. The van der Waals surface area contributed by atoms with Crippen LogP contribution in [0.3, 0.4) is 0 Å². The highest BCUT2D eigenvalue weighted by Gasteiger charge is 2.29. The smallest absolute Gasteiger partial charge is 0.242 e. The van der Waals surface area contributed by atoms with Crippen LogP contribution < -0.4 is 5.32 Å². The number of aryl methyl sites for hydroxylation is 1. The molecule has 35 heavy (non-hydrogen) atoms. The Morgan fingerprint density at radius 2 is 1.83 bits per heavy atom. The van der Waals surface area contributed by atoms with Crippen LogP contribution in [-0.2, 0) is 11.8 Å². The molecule has 9 heteroatoms. The maximum absolute atomic E-state index is 12.7. The largest absolute Gasteiger partial charge is 0.382 e. The van der Waals surface area contributed by atoms with E-state index in [1.165, 1.54) is 6.21 Å². The Kier molecular flexibility index (Phi) is 7.36. The van der Waals surface area contributed by atoms with Crippen molar-refractivity contribution in [1.29, 1.82) is 5.41 Å². The van der Waals surface area contributed by atoms with Crippen molar-refractivity contribution >= 4 is 17.7 Å². The van der Waals surface area contributed by atoms with Crippen molar-refractivity contribution in [3.05, 3.63) is 60.8 Å². The molecule has 9 nitrogen and oxygen atoms in total. The van der Waals surface area contributed by atoms with Crippen LogP contribution in [0.1, 0.15) is 19.4 Å². The lowest BCUT2D eigenvalue weighted by molar-refractivity contribution is -0.135. The van der Waals surface area contributed by atoms with Crippen molar-refractivity contribution < 1.29 is 4.79 Å². The standard InChI is InChI=1S/C26H32N8O/c1-18-16-34(19(2)15-32(18)3)25(35)14-28-10-22(9-27)23-11-29-26(30-12-23)21-7-5-6-20(8-21)24-13-31-33(4)17-24/h5-13,17-19,27-28H,14-16H2,1-4H3/b22-10+,27-9?/t18-,19+/m0/s1. The molecule has 1 aliphatic rings. The lowest BCUT2D eigenvalue weighted by Gasteiger charge is -2.42. The number of amides is 1. The van der Waals surface area contributed by atoms with Crippen molar-refractivity contribution in [3.63, 3.8) is 0 Å². The van der Waals surface area contributed by atoms with Crippen molar-refractivity contribution in [3.8, 4) is 22.5 Å². The first kappa shape index (κ1) is 24.3. The number of carbonyl (C=O) groups excluding carboxylic acids is 1. The van der Waals surface area contributed by atoms with Gasteiger partial charge in [-0.2, -0.15) is 5.10 Å². The average Bonchev–Trinajstić information content (AvgIpc) is 3.30. The monoisotopic (exact) mass is 472 g/mol. The molecule has 1 aromatic carbocycles. The molecule has 1 aliphatic heterocycles. The minimum atomic E-state index is 0.0538. The summed E-state index contributed by atoms with van der Waals surface area (Å²) in [5, 5.41) is 15.1. The number of nitrogens with one attached hydrogen (secondary N) is 2. The lowest BCUT2D eigenvalue weighted by Crippen LogP contribution is -2.57. The summed E-state index contributed by atoms with van der Waals surface area (Å²) in [7, 11) is 3.98. The Bertz CT molecular complexity index is 1220. The van der Waals surface area contributed by atoms with Crippen LogP contribution in [0.15, 0.2) is 55.3 Å². The number of benzene rings is 1. The van der Waals surface area contributed by atoms with Crippen LogP contribution in [-0.4, -0.2) is 80.4 Å². The second-order valence-corrected chi connectivity index (χ2v) is 9.09. The van der Waals surface area contributed by atoms with E-state index in [1.807, 2.05) is 48.6 Å². The molecule has 2 atom stereocenters. The van der Waals surface area contributed by atoms with Crippen molar-refractivity contribution in [2.45, 2.75) is 25.9 Å². The van der Waals surface area contributed by atoms with E-state index in [9.17, 15) is 4.79 Å². The second kappa shape index (κ2) is 10.6. The molecular formula is C26H32N8O. The Morgan fingerprint density at radius 3 is 2.51 bits per heavy atom. The molecule has 1 amide bonds. The molecular weight excluding hydrogens is 440 g/mol. The topological polar surface area (TPSA) is 103 Å². The zero-order chi connectivity index (χ0) is 24.9. The third-order valence-corrected chi connectivity index (χ3v) is 6.43. The van der Waals surface area contributed by atoms with Gasteiger partial charge in [0.05, 0.1) is 12.7 Å². The highest BCUT2D eigenvalue weighted by atomic mass is 16.2. The molecule has 0 unspecified atom stereocenters. The number of hydrogen-bond donors (Lipinski definition) is 2. The van der Waals surface area contributed by atoms with Crippen molar-refractivity contribution in [2.75, 3.05) is 26.7 Å². The summed E-state index contributed by atoms with van der Waals surface area (Å²) in [6, 6.07) is 8.52. The minimum absolute atomic E-state index is 0.0538. The van der Waals surface area contributed by atoms with Gasteiger partial charge in [0.2, 0.25) is 5.91 Å². The quantitative estimate of drug-likeness (QED) is 0.513. The Morgan fingerprint density at radius 1 is 1.09 bits per heavy atom. The number of carbonyl (C=O) groups is 1. The zero-order valence-electron chi connectivity index (χ0n) is 20.6. The van der Waals surface area contributed by atoms with E-state index in [0.717, 1.165) is 29.8 Å². The third kappa shape index (κ3) is 5.63. The number of nitrogens with zero attached hydrogens (tertiary/aromatic N) is 6. The van der Waals surface area contributed by atoms with E-state index in [0.29, 0.717) is 23.0 Å². The minimum Gasteiger partial charge on any atom is -0.382 e. The van der Waals surface area contributed by atoms with Crippen LogP contribution in [0.25, 0.3) is 28.1 Å². The molecule has 182 valence electrons. The average molecular weight is 473 g/mol. The van der Waals surface area contributed by atoms with Gasteiger partial charge < -0.3 is 15.6 Å². The molecule has 0 aliphatic carbocycles. The van der Waals surface area contributed by atoms with Crippen LogP contribution in [0.4, 0.5) is 0 Å². The first-order valence-electron chi connectivity index (χ1n) is 11.7. The van der Waals surface area contributed by atoms with E-state index in [4.69, 9.17) is 5.41 Å². The van der Waals surface area contributed by atoms with Crippen LogP contribution in [0.2, 0.25) is 0 Å². The first-order valence-corrected chi connectivity index (χ1v) is 11.7. The number of allylic oxidation sites excluding steroid dienone is 1. The van der Waals surface area contributed by atoms with Crippen LogP contribution >= 0.6 is 0 Å². The molecule has 3 aromatic rings. The van der Waals surface area contributed by atoms with Gasteiger partial charge >= 0.3 is 0 Å². The number of aromatic nitrogens is 4. The number of hydrogen-bond acceptors (Lipinski definition) is 7. The van der Waals surface area contributed by atoms with Gasteiger partial charge in [0.15, 0.2) is 5.82 Å². The second-order valence-electron chi connectivity index (χ2n) is 9.09. The summed E-state index contributed by atoms with van der Waals surface area (Å²) in [4.78, 5) is 26.0. The molecule has 0 saturated carbocycles. The number of piperazine rings is 1. The zero-order valence-corrected chi connectivity index (χ0v) is 20.6. The maximum atomic E-state index is 12.7. The molecule has 1 fully saturated rings. The van der Waals surface area contributed by atoms with E-state index in [2.05, 4.69) is 46.2 Å². The van der Waals surface area contributed by atoms with Gasteiger partial charge in [-0.1, -0.05) is 18.2 Å². The Labute approximate surface area is 206 Å². The molecule has 3 heterocycles. The van der Waals surface area contributed by atoms with Gasteiger partial charge in [-0.05, 0) is 32.5 Å². The number of likely N-dealkylation sites (N-methyl/N-ethyl adjacent to an activating group) is 1. The predicted molar refractivity (Wildman–Crippen MR) is 138 cm³/mol. The fourth-order valence-electron chi connectivity index (χ4n) is 4.24. The van der Waals surface area contributed by atoms with Gasteiger partial charge in [-0.3, -0.25) is 14.4 Å². The van der Waals surface area contributed by atoms with E-state index >= 15 is 0 Å². The fraction of sp³-hybridized carbons (Fsp3) is 0.346. The van der Waals surface area contributed by atoms with Crippen LogP contribution in [0, 0.1) is 5.41 Å². The van der Waals surface area contributed by atoms with Crippen molar-refractivity contribution in [2.24, 2.45) is 7.05 Å². The Hall–Kier alpha value is -3.85. The molecule has 2 aromatic heterocycles. The van der Waals surface area contributed by atoms with Gasteiger partial charge in [0.25, 0.3) is 0 Å². The molecule has 1 saturated heterocycles. The highest BCUT2D eigenvalue weighted by molar-refractivity contribution is 6.08. The number of rotatable bonds is 7. The lowest BCUT2D eigenvalue weighted by atomic mass is 10.1. The van der Waals surface area contributed by atoms with Crippen molar-refractivity contribution in [1.82, 2.24) is 34.9 Å². The van der Waals surface area contributed by atoms with Gasteiger partial charge in [-0.25, -0.2) is 9.97 Å². The molecule has 0 spiro atoms. The van der Waals surface area contributed by atoms with Gasteiger partial charge in [0.1, 0.15) is 0 Å². The van der Waals surface area contributed by atoms with Gasteiger partial charge in [0, 0.05) is 85.5 Å². The molecule has 0 radical (unpaired) electrons.